The lowest BCUT2D eigenvalue weighted by Crippen LogP contribution is -2.51. The van der Waals surface area contributed by atoms with Gasteiger partial charge in [-0.15, -0.1) is 0 Å². The van der Waals surface area contributed by atoms with Gasteiger partial charge in [-0.1, -0.05) is 0 Å². The highest BCUT2D eigenvalue weighted by atomic mass is 16.6. The summed E-state index contributed by atoms with van der Waals surface area (Å²) in [6, 6.07) is 0.117. The Bertz CT molecular complexity index is 251. The van der Waals surface area contributed by atoms with E-state index in [4.69, 9.17) is 9.47 Å². The minimum Gasteiger partial charge on any atom is -0.444 e. The van der Waals surface area contributed by atoms with Crippen LogP contribution < -0.4 is 5.32 Å². The minimum absolute atomic E-state index is 0.117. The Kier molecular flexibility index (Phi) is 5.21. The standard InChI is InChI=1S/C12H24N2O3/c1-12(2,3)17-11(15)14-7-8-16-9-10(14)5-6-13-4/h10,13H,5-9H2,1-4H3. The zero-order chi connectivity index (χ0) is 12.9. The van der Waals surface area contributed by atoms with Crippen molar-refractivity contribution >= 4 is 6.09 Å². The fourth-order valence-corrected chi connectivity index (χ4v) is 1.77. The molecule has 0 aromatic heterocycles. The van der Waals surface area contributed by atoms with E-state index in [0.717, 1.165) is 13.0 Å². The molecule has 0 spiro atoms. The fraction of sp³-hybridized carbons (Fsp3) is 0.917. The van der Waals surface area contributed by atoms with Gasteiger partial charge in [0.1, 0.15) is 5.60 Å². The number of carbonyl (C=O) groups excluding carboxylic acids is 1. The first-order chi connectivity index (χ1) is 7.94. The summed E-state index contributed by atoms with van der Waals surface area (Å²) in [4.78, 5) is 13.8. The van der Waals surface area contributed by atoms with Crippen LogP contribution in [0.2, 0.25) is 0 Å². The highest BCUT2D eigenvalue weighted by Gasteiger charge is 2.30. The average Bonchev–Trinajstić information content (AvgIpc) is 2.24. The topological polar surface area (TPSA) is 50.8 Å². The fourth-order valence-electron chi connectivity index (χ4n) is 1.77. The number of nitrogens with one attached hydrogen (secondary N) is 1. The van der Waals surface area contributed by atoms with Crippen molar-refractivity contribution in [2.24, 2.45) is 0 Å². The predicted octanol–water partition coefficient (Wildman–Crippen LogP) is 1.23. The van der Waals surface area contributed by atoms with Crippen LogP contribution in [0.4, 0.5) is 4.79 Å². The van der Waals surface area contributed by atoms with Crippen molar-refractivity contribution in [1.82, 2.24) is 10.2 Å². The number of hydrogen-bond donors (Lipinski definition) is 1. The van der Waals surface area contributed by atoms with Crippen molar-refractivity contribution in [2.45, 2.75) is 38.8 Å². The molecule has 5 heteroatoms. The zero-order valence-electron chi connectivity index (χ0n) is 11.3. The molecule has 0 aromatic carbocycles. The maximum Gasteiger partial charge on any atom is 0.410 e. The van der Waals surface area contributed by atoms with Crippen molar-refractivity contribution in [1.29, 1.82) is 0 Å². The van der Waals surface area contributed by atoms with Crippen LogP contribution in [-0.2, 0) is 9.47 Å². The monoisotopic (exact) mass is 244 g/mol. The molecule has 1 saturated heterocycles. The molecule has 1 fully saturated rings. The number of nitrogens with zero attached hydrogens (tertiary/aromatic N) is 1. The largest absolute Gasteiger partial charge is 0.444 e. The van der Waals surface area contributed by atoms with Crippen molar-refractivity contribution in [2.75, 3.05) is 33.4 Å². The van der Waals surface area contributed by atoms with E-state index in [1.165, 1.54) is 0 Å². The number of rotatable bonds is 3. The van der Waals surface area contributed by atoms with Crippen molar-refractivity contribution in [3.63, 3.8) is 0 Å². The smallest absolute Gasteiger partial charge is 0.410 e. The molecule has 0 bridgehead atoms. The summed E-state index contributed by atoms with van der Waals surface area (Å²) in [6.45, 7) is 8.32. The van der Waals surface area contributed by atoms with Crippen LogP contribution >= 0.6 is 0 Å². The van der Waals surface area contributed by atoms with Crippen molar-refractivity contribution in [3.8, 4) is 0 Å². The van der Waals surface area contributed by atoms with Crippen molar-refractivity contribution in [3.05, 3.63) is 0 Å². The van der Waals surface area contributed by atoms with Crippen LogP contribution in [-0.4, -0.2) is 56.0 Å². The molecule has 1 amide bonds. The van der Waals surface area contributed by atoms with Gasteiger partial charge in [0.25, 0.3) is 0 Å². The third kappa shape index (κ3) is 4.91. The molecule has 1 atom stereocenters. The second kappa shape index (κ2) is 6.21. The highest BCUT2D eigenvalue weighted by molar-refractivity contribution is 5.68. The molecule has 0 aromatic rings. The van der Waals surface area contributed by atoms with Gasteiger partial charge in [0, 0.05) is 6.54 Å². The summed E-state index contributed by atoms with van der Waals surface area (Å²) in [6.07, 6.45) is 0.650. The van der Waals surface area contributed by atoms with Gasteiger partial charge in [-0.3, -0.25) is 0 Å². The van der Waals surface area contributed by atoms with Crippen molar-refractivity contribution < 1.29 is 14.3 Å². The van der Waals surface area contributed by atoms with E-state index < -0.39 is 5.60 Å². The van der Waals surface area contributed by atoms with Gasteiger partial charge in [-0.25, -0.2) is 4.79 Å². The van der Waals surface area contributed by atoms with Crippen LogP contribution in [0.25, 0.3) is 0 Å². The second-order valence-corrected chi connectivity index (χ2v) is 5.29. The number of hydrogen-bond acceptors (Lipinski definition) is 4. The summed E-state index contributed by atoms with van der Waals surface area (Å²) in [5.41, 5.74) is -0.442. The molecule has 1 aliphatic heterocycles. The lowest BCUT2D eigenvalue weighted by atomic mass is 10.1. The third-order valence-electron chi connectivity index (χ3n) is 2.58. The quantitative estimate of drug-likeness (QED) is 0.811. The summed E-state index contributed by atoms with van der Waals surface area (Å²) in [7, 11) is 1.90. The Balaban J connectivity index is 2.54. The van der Waals surface area contributed by atoms with Crippen LogP contribution in [0.5, 0.6) is 0 Å². The van der Waals surface area contributed by atoms with Gasteiger partial charge >= 0.3 is 6.09 Å². The zero-order valence-corrected chi connectivity index (χ0v) is 11.3. The van der Waals surface area contributed by atoms with Crippen LogP contribution in [0.1, 0.15) is 27.2 Å². The Labute approximate surface area is 103 Å². The highest BCUT2D eigenvalue weighted by Crippen LogP contribution is 2.16. The minimum atomic E-state index is -0.442. The molecule has 5 nitrogen and oxygen atoms in total. The first kappa shape index (κ1) is 14.3. The third-order valence-corrected chi connectivity index (χ3v) is 2.58. The molecule has 100 valence electrons. The van der Waals surface area contributed by atoms with Crippen LogP contribution in [0, 0.1) is 0 Å². The Morgan fingerprint density at radius 3 is 2.82 bits per heavy atom. The average molecular weight is 244 g/mol. The lowest BCUT2D eigenvalue weighted by Gasteiger charge is -2.36. The van der Waals surface area contributed by atoms with Gasteiger partial charge in [-0.05, 0) is 40.8 Å². The number of carbonyl (C=O) groups is 1. The van der Waals surface area contributed by atoms with Gasteiger partial charge < -0.3 is 19.7 Å². The number of morpholine rings is 1. The van der Waals surface area contributed by atoms with Crippen LogP contribution in [0.3, 0.4) is 0 Å². The molecule has 1 aliphatic rings. The molecule has 0 saturated carbocycles. The molecule has 1 unspecified atom stereocenters. The van der Waals surface area contributed by atoms with E-state index in [1.807, 2.05) is 27.8 Å². The molecule has 17 heavy (non-hydrogen) atoms. The van der Waals surface area contributed by atoms with E-state index in [0.29, 0.717) is 19.8 Å². The molecular formula is C12H24N2O3. The SMILES string of the molecule is CNCCC1COCCN1C(=O)OC(C)(C)C. The maximum atomic E-state index is 12.0. The summed E-state index contributed by atoms with van der Waals surface area (Å²) in [5.74, 6) is 0. The molecule has 1 N–H and O–H groups in total. The summed E-state index contributed by atoms with van der Waals surface area (Å²) < 4.78 is 10.8. The molecule has 1 rings (SSSR count). The number of amides is 1. The van der Waals surface area contributed by atoms with Gasteiger partial charge in [0.15, 0.2) is 0 Å². The second-order valence-electron chi connectivity index (χ2n) is 5.29. The molecule has 0 aliphatic carbocycles. The normalized spacial score (nSPS) is 21.4. The Morgan fingerprint density at radius 2 is 2.24 bits per heavy atom. The van der Waals surface area contributed by atoms with Gasteiger partial charge in [-0.2, -0.15) is 0 Å². The lowest BCUT2D eigenvalue weighted by molar-refractivity contribution is -0.0336. The maximum absolute atomic E-state index is 12.0. The van der Waals surface area contributed by atoms with Gasteiger partial charge in [0.05, 0.1) is 19.3 Å². The predicted molar refractivity (Wildman–Crippen MR) is 66.1 cm³/mol. The van der Waals surface area contributed by atoms with E-state index in [1.54, 1.807) is 4.90 Å². The Hall–Kier alpha value is -0.810. The first-order valence-electron chi connectivity index (χ1n) is 6.16. The van der Waals surface area contributed by atoms with E-state index >= 15 is 0 Å². The number of ether oxygens (including phenoxy) is 2. The molecule has 0 radical (unpaired) electrons. The van der Waals surface area contributed by atoms with E-state index in [-0.39, 0.29) is 12.1 Å². The van der Waals surface area contributed by atoms with E-state index in [9.17, 15) is 4.79 Å². The van der Waals surface area contributed by atoms with Crippen LogP contribution in [0.15, 0.2) is 0 Å². The summed E-state index contributed by atoms with van der Waals surface area (Å²) in [5, 5.41) is 3.09. The first-order valence-corrected chi connectivity index (χ1v) is 6.16. The molecule has 1 heterocycles. The Morgan fingerprint density at radius 1 is 1.53 bits per heavy atom. The van der Waals surface area contributed by atoms with Gasteiger partial charge in [0.2, 0.25) is 0 Å². The van der Waals surface area contributed by atoms with E-state index in [2.05, 4.69) is 5.32 Å². The molecular weight excluding hydrogens is 220 g/mol. The summed E-state index contributed by atoms with van der Waals surface area (Å²) >= 11 is 0.